The highest BCUT2D eigenvalue weighted by Crippen LogP contribution is 2.12. The van der Waals surface area contributed by atoms with Crippen LogP contribution in [-0.4, -0.2) is 20.8 Å². The van der Waals surface area contributed by atoms with Gasteiger partial charge in [-0.3, -0.25) is 9.59 Å². The molecule has 2 aromatic carbocycles. The van der Waals surface area contributed by atoms with Crippen LogP contribution in [0.3, 0.4) is 0 Å². The summed E-state index contributed by atoms with van der Waals surface area (Å²) in [4.78, 5) is 24.8. The lowest BCUT2D eigenvalue weighted by Gasteiger charge is -2.12. The number of fused-ring (bicyclic) bond motifs is 1. The molecule has 0 amide bonds. The Morgan fingerprint density at radius 1 is 1.05 bits per heavy atom. The normalized spacial score (nSPS) is 12.2. The van der Waals surface area contributed by atoms with Gasteiger partial charge >= 0.3 is 0 Å². The Kier molecular flexibility index (Phi) is 3.31. The molecule has 1 aromatic heterocycles. The van der Waals surface area contributed by atoms with E-state index in [0.717, 1.165) is 4.68 Å². The standard InChI is InChI=1S/C16H13N3O2/c1-11(15(20)12-7-3-2-4-8-12)19-16(21)13-9-5-6-10-14(13)17-18-19/h2-11H,1H3/t11-/m0/s1. The minimum absolute atomic E-state index is 0.165. The molecule has 0 aliphatic heterocycles. The maximum Gasteiger partial charge on any atom is 0.278 e. The van der Waals surface area contributed by atoms with Gasteiger partial charge < -0.3 is 0 Å². The molecule has 104 valence electrons. The number of benzene rings is 2. The number of Topliss-reactive ketones (excluding diaryl/α,β-unsaturated/α-hetero) is 1. The highest BCUT2D eigenvalue weighted by Gasteiger charge is 2.20. The van der Waals surface area contributed by atoms with Crippen LogP contribution in [0, 0.1) is 0 Å². The lowest BCUT2D eigenvalue weighted by Crippen LogP contribution is -2.31. The van der Waals surface area contributed by atoms with E-state index in [2.05, 4.69) is 10.3 Å². The van der Waals surface area contributed by atoms with E-state index in [-0.39, 0.29) is 11.3 Å². The average Bonchev–Trinajstić information content (AvgIpc) is 2.55. The maximum atomic E-state index is 12.4. The first-order valence-corrected chi connectivity index (χ1v) is 6.62. The third kappa shape index (κ3) is 2.33. The highest BCUT2D eigenvalue weighted by molar-refractivity contribution is 5.98. The van der Waals surface area contributed by atoms with Crippen LogP contribution in [0.25, 0.3) is 10.9 Å². The van der Waals surface area contributed by atoms with E-state index in [1.807, 2.05) is 6.07 Å². The molecule has 0 fully saturated rings. The molecule has 0 saturated heterocycles. The molecular weight excluding hydrogens is 266 g/mol. The summed E-state index contributed by atoms with van der Waals surface area (Å²) in [7, 11) is 0. The van der Waals surface area contributed by atoms with Gasteiger partial charge in [-0.05, 0) is 19.1 Å². The number of hydrogen-bond donors (Lipinski definition) is 0. The monoisotopic (exact) mass is 279 g/mol. The predicted octanol–water partition coefficient (Wildman–Crippen LogP) is 2.24. The molecule has 0 spiro atoms. The van der Waals surface area contributed by atoms with E-state index in [1.54, 1.807) is 55.5 Å². The molecule has 0 unspecified atom stereocenters. The van der Waals surface area contributed by atoms with Crippen molar-refractivity contribution in [3.05, 3.63) is 70.5 Å². The van der Waals surface area contributed by atoms with Crippen molar-refractivity contribution in [3.63, 3.8) is 0 Å². The predicted molar refractivity (Wildman–Crippen MR) is 79.3 cm³/mol. The van der Waals surface area contributed by atoms with Gasteiger partial charge in [0.05, 0.1) is 5.39 Å². The van der Waals surface area contributed by atoms with Crippen molar-refractivity contribution >= 4 is 16.7 Å². The molecule has 1 atom stereocenters. The molecule has 3 rings (SSSR count). The van der Waals surface area contributed by atoms with E-state index >= 15 is 0 Å². The molecular formula is C16H13N3O2. The minimum Gasteiger partial charge on any atom is -0.292 e. The van der Waals surface area contributed by atoms with Gasteiger partial charge in [0.1, 0.15) is 11.6 Å². The van der Waals surface area contributed by atoms with Crippen LogP contribution >= 0.6 is 0 Å². The van der Waals surface area contributed by atoms with Crippen LogP contribution < -0.4 is 5.56 Å². The zero-order valence-corrected chi connectivity index (χ0v) is 11.4. The number of nitrogens with zero attached hydrogens (tertiary/aromatic N) is 3. The van der Waals surface area contributed by atoms with Gasteiger partial charge in [0.25, 0.3) is 5.56 Å². The zero-order valence-electron chi connectivity index (χ0n) is 11.4. The summed E-state index contributed by atoms with van der Waals surface area (Å²) >= 11 is 0. The Morgan fingerprint density at radius 2 is 1.71 bits per heavy atom. The highest BCUT2D eigenvalue weighted by atomic mass is 16.1. The quantitative estimate of drug-likeness (QED) is 0.690. The van der Waals surface area contributed by atoms with E-state index < -0.39 is 6.04 Å². The number of hydrogen-bond acceptors (Lipinski definition) is 4. The first-order chi connectivity index (χ1) is 10.2. The van der Waals surface area contributed by atoms with E-state index in [1.165, 1.54) is 0 Å². The van der Waals surface area contributed by atoms with E-state index in [0.29, 0.717) is 16.5 Å². The minimum atomic E-state index is -0.697. The summed E-state index contributed by atoms with van der Waals surface area (Å²) in [5.41, 5.74) is 0.766. The van der Waals surface area contributed by atoms with Crippen LogP contribution in [-0.2, 0) is 0 Å². The lowest BCUT2D eigenvalue weighted by atomic mass is 10.1. The molecule has 0 aliphatic carbocycles. The molecule has 5 heteroatoms. The fourth-order valence-corrected chi connectivity index (χ4v) is 2.21. The molecule has 0 N–H and O–H groups in total. The van der Waals surface area contributed by atoms with Gasteiger partial charge in [0.2, 0.25) is 0 Å². The second-order valence-electron chi connectivity index (χ2n) is 4.76. The number of rotatable bonds is 3. The summed E-state index contributed by atoms with van der Waals surface area (Å²) in [5, 5.41) is 8.34. The third-order valence-electron chi connectivity index (χ3n) is 3.40. The van der Waals surface area contributed by atoms with Gasteiger partial charge in [-0.1, -0.05) is 47.7 Å². The molecule has 5 nitrogen and oxygen atoms in total. The largest absolute Gasteiger partial charge is 0.292 e. The lowest BCUT2D eigenvalue weighted by molar-refractivity contribution is 0.0923. The first kappa shape index (κ1) is 13.2. The third-order valence-corrected chi connectivity index (χ3v) is 3.40. The van der Waals surface area contributed by atoms with Gasteiger partial charge in [-0.2, -0.15) is 4.68 Å². The maximum absolute atomic E-state index is 12.4. The second-order valence-corrected chi connectivity index (χ2v) is 4.76. The zero-order chi connectivity index (χ0) is 14.8. The van der Waals surface area contributed by atoms with Crippen molar-refractivity contribution < 1.29 is 4.79 Å². The summed E-state index contributed by atoms with van der Waals surface area (Å²) in [5.74, 6) is -0.165. The first-order valence-electron chi connectivity index (χ1n) is 6.62. The molecule has 0 radical (unpaired) electrons. The van der Waals surface area contributed by atoms with Crippen molar-refractivity contribution in [2.45, 2.75) is 13.0 Å². The van der Waals surface area contributed by atoms with Crippen molar-refractivity contribution in [3.8, 4) is 0 Å². The molecule has 1 heterocycles. The number of carbonyl (C=O) groups excluding carboxylic acids is 1. The molecule has 3 aromatic rings. The fraction of sp³-hybridized carbons (Fsp3) is 0.125. The van der Waals surface area contributed by atoms with Crippen molar-refractivity contribution in [2.24, 2.45) is 0 Å². The van der Waals surface area contributed by atoms with Crippen LogP contribution in [0.1, 0.15) is 23.3 Å². The van der Waals surface area contributed by atoms with Crippen LogP contribution in [0.2, 0.25) is 0 Å². The fourth-order valence-electron chi connectivity index (χ4n) is 2.21. The summed E-state index contributed by atoms with van der Waals surface area (Å²) in [6.07, 6.45) is 0. The van der Waals surface area contributed by atoms with Gasteiger partial charge in [-0.25, -0.2) is 0 Å². The molecule has 21 heavy (non-hydrogen) atoms. The van der Waals surface area contributed by atoms with Crippen LogP contribution in [0.15, 0.2) is 59.4 Å². The number of carbonyl (C=O) groups is 1. The van der Waals surface area contributed by atoms with E-state index in [4.69, 9.17) is 0 Å². The van der Waals surface area contributed by atoms with E-state index in [9.17, 15) is 9.59 Å². The summed E-state index contributed by atoms with van der Waals surface area (Å²) in [6, 6.07) is 15.1. The molecule has 0 saturated carbocycles. The van der Waals surface area contributed by atoms with Gasteiger partial charge in [0, 0.05) is 5.56 Å². The number of ketones is 1. The Balaban J connectivity index is 2.06. The topological polar surface area (TPSA) is 64.8 Å². The van der Waals surface area contributed by atoms with Crippen molar-refractivity contribution in [1.82, 2.24) is 15.0 Å². The molecule has 0 aliphatic rings. The van der Waals surface area contributed by atoms with Crippen LogP contribution in [0.4, 0.5) is 0 Å². The number of aromatic nitrogens is 3. The Morgan fingerprint density at radius 3 is 2.48 bits per heavy atom. The Hall–Kier alpha value is -2.82. The Bertz CT molecular complexity index is 856. The van der Waals surface area contributed by atoms with Gasteiger partial charge in [-0.15, -0.1) is 5.10 Å². The summed E-state index contributed by atoms with van der Waals surface area (Å²) < 4.78 is 1.14. The van der Waals surface area contributed by atoms with Crippen molar-refractivity contribution in [1.29, 1.82) is 0 Å². The second kappa shape index (κ2) is 5.28. The van der Waals surface area contributed by atoms with Crippen molar-refractivity contribution in [2.75, 3.05) is 0 Å². The van der Waals surface area contributed by atoms with Crippen LogP contribution in [0.5, 0.6) is 0 Å². The summed E-state index contributed by atoms with van der Waals surface area (Å²) in [6.45, 7) is 1.65. The molecule has 0 bridgehead atoms. The van der Waals surface area contributed by atoms with Gasteiger partial charge in [0.15, 0.2) is 5.78 Å². The smallest absolute Gasteiger partial charge is 0.278 e. The Labute approximate surface area is 120 Å². The SMILES string of the molecule is C[C@@H](C(=O)c1ccccc1)n1nnc2ccccc2c1=O. The average molecular weight is 279 g/mol.